The minimum atomic E-state index is -1.15. The van der Waals surface area contributed by atoms with Crippen LogP contribution in [0, 0.1) is 0 Å². The van der Waals surface area contributed by atoms with Crippen LogP contribution >= 0.6 is 11.6 Å². The summed E-state index contributed by atoms with van der Waals surface area (Å²) in [5, 5.41) is 8.84. The number of carbonyl (C=O) groups excluding carboxylic acids is 2. The van der Waals surface area contributed by atoms with Gasteiger partial charge >= 0.3 is 5.97 Å². The van der Waals surface area contributed by atoms with Crippen molar-refractivity contribution >= 4 is 35.1 Å². The molecule has 1 aromatic carbocycles. The summed E-state index contributed by atoms with van der Waals surface area (Å²) in [6, 6.07) is 4.03. The smallest absolute Gasteiger partial charge is 0.337 e. The fourth-order valence-corrected chi connectivity index (χ4v) is 2.11. The van der Waals surface area contributed by atoms with Crippen molar-refractivity contribution in [2.75, 3.05) is 4.90 Å². The zero-order chi connectivity index (χ0) is 13.3. The average Bonchev–Trinajstić information content (AvgIpc) is 2.28. The van der Waals surface area contributed by atoms with Gasteiger partial charge in [-0.3, -0.25) is 14.5 Å². The summed E-state index contributed by atoms with van der Waals surface area (Å²) in [6.45, 7) is 0. The van der Waals surface area contributed by atoms with Gasteiger partial charge in [0.1, 0.15) is 0 Å². The van der Waals surface area contributed by atoms with Gasteiger partial charge in [0.25, 0.3) is 0 Å². The molecule has 0 spiro atoms. The zero-order valence-electron chi connectivity index (χ0n) is 9.35. The van der Waals surface area contributed by atoms with E-state index < -0.39 is 5.97 Å². The van der Waals surface area contributed by atoms with Crippen LogP contribution in [0.3, 0.4) is 0 Å². The lowest BCUT2D eigenvalue weighted by Gasteiger charge is -2.25. The van der Waals surface area contributed by atoms with E-state index in [-0.39, 0.29) is 22.4 Å². The predicted molar refractivity (Wildman–Crippen MR) is 64.8 cm³/mol. The van der Waals surface area contributed by atoms with Crippen molar-refractivity contribution in [1.82, 2.24) is 0 Å². The van der Waals surface area contributed by atoms with Crippen LogP contribution in [0.2, 0.25) is 5.02 Å². The second kappa shape index (κ2) is 4.78. The maximum atomic E-state index is 11.7. The van der Waals surface area contributed by atoms with Crippen molar-refractivity contribution < 1.29 is 19.5 Å². The second-order valence-corrected chi connectivity index (χ2v) is 4.35. The van der Waals surface area contributed by atoms with Crippen molar-refractivity contribution in [1.29, 1.82) is 0 Å². The van der Waals surface area contributed by atoms with Gasteiger partial charge in [-0.2, -0.15) is 0 Å². The molecule has 6 heteroatoms. The largest absolute Gasteiger partial charge is 0.478 e. The van der Waals surface area contributed by atoms with Gasteiger partial charge in [-0.05, 0) is 24.6 Å². The summed E-state index contributed by atoms with van der Waals surface area (Å²) in [6.07, 6.45) is 1.17. The van der Waals surface area contributed by atoms with Crippen molar-refractivity contribution in [2.24, 2.45) is 0 Å². The van der Waals surface area contributed by atoms with E-state index in [1.54, 1.807) is 0 Å². The van der Waals surface area contributed by atoms with Crippen LogP contribution in [-0.4, -0.2) is 22.9 Å². The summed E-state index contributed by atoms with van der Waals surface area (Å²) in [4.78, 5) is 35.2. The number of amides is 2. The average molecular weight is 268 g/mol. The molecule has 0 atom stereocenters. The molecule has 94 valence electrons. The molecule has 1 aliphatic heterocycles. The molecule has 1 fully saturated rings. The molecule has 0 saturated carbocycles. The Labute approximate surface area is 108 Å². The molecule has 1 aliphatic rings. The fraction of sp³-hybridized carbons (Fsp3) is 0.250. The number of rotatable bonds is 2. The summed E-state index contributed by atoms with van der Waals surface area (Å²) >= 11 is 5.81. The highest BCUT2D eigenvalue weighted by Crippen LogP contribution is 2.27. The molecule has 18 heavy (non-hydrogen) atoms. The van der Waals surface area contributed by atoms with E-state index in [0.29, 0.717) is 24.9 Å². The van der Waals surface area contributed by atoms with Crippen LogP contribution < -0.4 is 4.90 Å². The van der Waals surface area contributed by atoms with E-state index in [0.717, 1.165) is 4.90 Å². The first-order valence-electron chi connectivity index (χ1n) is 5.39. The van der Waals surface area contributed by atoms with Crippen LogP contribution in [0.5, 0.6) is 0 Å². The van der Waals surface area contributed by atoms with Gasteiger partial charge in [0.15, 0.2) is 0 Å². The van der Waals surface area contributed by atoms with Crippen molar-refractivity contribution in [3.8, 4) is 0 Å². The molecule has 1 N–H and O–H groups in total. The molecule has 1 heterocycles. The summed E-state index contributed by atoms with van der Waals surface area (Å²) < 4.78 is 0. The Balaban J connectivity index is 2.39. The molecule has 1 saturated heterocycles. The van der Waals surface area contributed by atoms with Crippen LogP contribution in [-0.2, 0) is 9.59 Å². The number of carboxylic acid groups (broad SMARTS) is 1. The SMILES string of the molecule is O=C(O)c1ccc(N2C(=O)CCCC2=O)cc1Cl. The number of nitrogens with zero attached hydrogens (tertiary/aromatic N) is 1. The van der Waals surface area contributed by atoms with Gasteiger partial charge in [-0.15, -0.1) is 0 Å². The van der Waals surface area contributed by atoms with Crippen molar-refractivity contribution in [3.63, 3.8) is 0 Å². The lowest BCUT2D eigenvalue weighted by atomic mass is 10.1. The van der Waals surface area contributed by atoms with E-state index in [9.17, 15) is 14.4 Å². The number of carbonyl (C=O) groups is 3. The predicted octanol–water partition coefficient (Wildman–Crippen LogP) is 2.08. The Kier molecular flexibility index (Phi) is 3.34. The monoisotopic (exact) mass is 267 g/mol. The number of aromatic carboxylic acids is 1. The minimum Gasteiger partial charge on any atom is -0.478 e. The Bertz CT molecular complexity index is 525. The number of carboxylic acids is 1. The highest BCUT2D eigenvalue weighted by atomic mass is 35.5. The standard InChI is InChI=1S/C12H10ClNO4/c13-9-6-7(4-5-8(9)12(17)18)14-10(15)2-1-3-11(14)16/h4-6H,1-3H2,(H,17,18). The normalized spacial score (nSPS) is 15.9. The molecule has 2 rings (SSSR count). The topological polar surface area (TPSA) is 74.7 Å². The third-order valence-electron chi connectivity index (χ3n) is 2.72. The number of hydrogen-bond donors (Lipinski definition) is 1. The maximum absolute atomic E-state index is 11.7. The maximum Gasteiger partial charge on any atom is 0.337 e. The molecule has 0 radical (unpaired) electrons. The Hall–Kier alpha value is -1.88. The van der Waals surface area contributed by atoms with Crippen LogP contribution in [0.15, 0.2) is 18.2 Å². The van der Waals surface area contributed by atoms with Gasteiger partial charge in [0, 0.05) is 12.8 Å². The van der Waals surface area contributed by atoms with Gasteiger partial charge in [-0.25, -0.2) is 4.79 Å². The number of hydrogen-bond acceptors (Lipinski definition) is 3. The Morgan fingerprint density at radius 3 is 2.33 bits per heavy atom. The minimum absolute atomic E-state index is 0.00572. The first-order valence-corrected chi connectivity index (χ1v) is 5.77. The van der Waals surface area contributed by atoms with E-state index in [1.165, 1.54) is 18.2 Å². The summed E-state index contributed by atoms with van der Waals surface area (Å²) in [5.74, 6) is -1.72. The van der Waals surface area contributed by atoms with Crippen LogP contribution in [0.1, 0.15) is 29.6 Å². The number of benzene rings is 1. The van der Waals surface area contributed by atoms with Crippen LogP contribution in [0.25, 0.3) is 0 Å². The fourth-order valence-electron chi connectivity index (χ4n) is 1.86. The highest BCUT2D eigenvalue weighted by molar-refractivity contribution is 6.34. The first-order chi connectivity index (χ1) is 8.50. The molecule has 1 aromatic rings. The van der Waals surface area contributed by atoms with Gasteiger partial charge in [0.2, 0.25) is 11.8 Å². The third-order valence-corrected chi connectivity index (χ3v) is 3.03. The molecular formula is C12H10ClNO4. The summed E-state index contributed by atoms with van der Waals surface area (Å²) in [5.41, 5.74) is 0.261. The van der Waals surface area contributed by atoms with Gasteiger partial charge < -0.3 is 5.11 Å². The molecular weight excluding hydrogens is 258 g/mol. The second-order valence-electron chi connectivity index (χ2n) is 3.95. The third kappa shape index (κ3) is 2.22. The molecule has 0 aromatic heterocycles. The summed E-state index contributed by atoms with van der Waals surface area (Å²) in [7, 11) is 0. The highest BCUT2D eigenvalue weighted by Gasteiger charge is 2.27. The quantitative estimate of drug-likeness (QED) is 0.833. The van der Waals surface area contributed by atoms with E-state index in [4.69, 9.17) is 16.7 Å². The van der Waals surface area contributed by atoms with Crippen molar-refractivity contribution in [3.05, 3.63) is 28.8 Å². The van der Waals surface area contributed by atoms with E-state index in [1.807, 2.05) is 0 Å². The number of anilines is 1. The molecule has 2 amide bonds. The molecule has 0 aliphatic carbocycles. The zero-order valence-corrected chi connectivity index (χ0v) is 10.1. The van der Waals surface area contributed by atoms with Gasteiger partial charge in [0.05, 0.1) is 16.3 Å². The molecule has 0 unspecified atom stereocenters. The van der Waals surface area contributed by atoms with E-state index >= 15 is 0 Å². The lowest BCUT2D eigenvalue weighted by Crippen LogP contribution is -2.40. The number of imide groups is 1. The Morgan fingerprint density at radius 2 is 1.83 bits per heavy atom. The number of halogens is 1. The van der Waals surface area contributed by atoms with E-state index in [2.05, 4.69) is 0 Å². The number of piperidine rings is 1. The van der Waals surface area contributed by atoms with Crippen molar-refractivity contribution in [2.45, 2.75) is 19.3 Å². The lowest BCUT2D eigenvalue weighted by molar-refractivity contribution is -0.129. The van der Waals surface area contributed by atoms with Crippen LogP contribution in [0.4, 0.5) is 5.69 Å². The molecule has 5 nitrogen and oxygen atoms in total. The molecule has 0 bridgehead atoms. The van der Waals surface area contributed by atoms with Gasteiger partial charge in [-0.1, -0.05) is 11.6 Å². The Morgan fingerprint density at radius 1 is 1.22 bits per heavy atom. The first kappa shape index (κ1) is 12.6.